The minimum absolute atomic E-state index is 0.00646. The summed E-state index contributed by atoms with van der Waals surface area (Å²) in [6.45, 7) is 0. The van der Waals surface area contributed by atoms with Crippen molar-refractivity contribution in [2.75, 3.05) is 42.7 Å². The van der Waals surface area contributed by atoms with Crippen LogP contribution in [0.15, 0.2) is 35.8 Å². The topological polar surface area (TPSA) is 108 Å². The molecule has 10 nitrogen and oxygen atoms in total. The predicted molar refractivity (Wildman–Crippen MR) is 118 cm³/mol. The monoisotopic (exact) mass is 470 g/mol. The van der Waals surface area contributed by atoms with Crippen LogP contribution in [0.4, 0.5) is 0 Å². The molecule has 2 aromatic rings. The predicted octanol–water partition coefficient (Wildman–Crippen LogP) is 2.97. The highest BCUT2D eigenvalue weighted by Gasteiger charge is 2.44. The van der Waals surface area contributed by atoms with Crippen LogP contribution >= 0.6 is 0 Å². The van der Waals surface area contributed by atoms with Gasteiger partial charge in [-0.1, -0.05) is 0 Å². The Balaban J connectivity index is 1.92. The van der Waals surface area contributed by atoms with Gasteiger partial charge < -0.3 is 37.9 Å². The second-order valence-corrected chi connectivity index (χ2v) is 7.02. The first kappa shape index (κ1) is 22.8. The molecular formula is C24H22O10. The Labute approximate surface area is 195 Å². The lowest BCUT2D eigenvalue weighted by atomic mass is 10.0. The van der Waals surface area contributed by atoms with E-state index in [-0.39, 0.29) is 22.7 Å². The lowest BCUT2D eigenvalue weighted by Gasteiger charge is -2.14. The zero-order chi connectivity index (χ0) is 24.6. The molecule has 4 rings (SSSR count). The largest absolute Gasteiger partial charge is 0.493 e. The number of rotatable bonds is 8. The van der Waals surface area contributed by atoms with Gasteiger partial charge in [-0.15, -0.1) is 0 Å². The molecule has 0 saturated carbocycles. The number of benzene rings is 2. The van der Waals surface area contributed by atoms with Gasteiger partial charge in [0.05, 0.1) is 42.7 Å². The van der Waals surface area contributed by atoms with Crippen LogP contribution in [0.5, 0.6) is 34.5 Å². The number of carbonyl (C=O) groups excluding carboxylic acids is 2. The van der Waals surface area contributed by atoms with E-state index in [4.69, 9.17) is 37.9 Å². The summed E-state index contributed by atoms with van der Waals surface area (Å²) in [6, 6.07) is 6.27. The fraction of sp³-hybridized carbons (Fsp3) is 0.250. The molecule has 0 bridgehead atoms. The third kappa shape index (κ3) is 3.43. The van der Waals surface area contributed by atoms with Crippen LogP contribution in [0, 0.1) is 0 Å². The van der Waals surface area contributed by atoms with Crippen molar-refractivity contribution in [3.63, 3.8) is 0 Å². The summed E-state index contributed by atoms with van der Waals surface area (Å²) in [5, 5.41) is 0. The molecule has 0 radical (unpaired) electrons. The number of hydrogen-bond donors (Lipinski definition) is 0. The lowest BCUT2D eigenvalue weighted by Crippen LogP contribution is -2.06. The van der Waals surface area contributed by atoms with Crippen molar-refractivity contribution < 1.29 is 47.5 Å². The molecule has 0 unspecified atom stereocenters. The standard InChI is InChI=1S/C24H22O10/c1-27-13-7-11(8-14(28-2)19(13)31-5)17-21-22(34-23(17)25)18(24(26)33-21)12-9-15(29-3)20(32-6)16(10-12)30-4/h7-10H,1-6H3. The first-order valence-electron chi connectivity index (χ1n) is 9.96. The maximum atomic E-state index is 12.9. The van der Waals surface area contributed by atoms with E-state index < -0.39 is 11.9 Å². The second kappa shape index (κ2) is 8.89. The number of fused-ring (bicyclic) bond motifs is 1. The van der Waals surface area contributed by atoms with Crippen molar-refractivity contribution in [2.45, 2.75) is 0 Å². The van der Waals surface area contributed by atoms with Crippen LogP contribution < -0.4 is 28.4 Å². The summed E-state index contributed by atoms with van der Waals surface area (Å²) in [7, 11) is 8.75. The molecule has 2 aliphatic heterocycles. The van der Waals surface area contributed by atoms with Crippen LogP contribution in [0.25, 0.3) is 11.1 Å². The van der Waals surface area contributed by atoms with Gasteiger partial charge in [0.15, 0.2) is 34.5 Å². The third-order valence-electron chi connectivity index (χ3n) is 5.36. The lowest BCUT2D eigenvalue weighted by molar-refractivity contribution is -0.131. The first-order chi connectivity index (χ1) is 16.4. The molecule has 10 heteroatoms. The number of hydrogen-bond acceptors (Lipinski definition) is 10. The molecule has 2 aromatic carbocycles. The molecular weight excluding hydrogens is 448 g/mol. The molecule has 34 heavy (non-hydrogen) atoms. The van der Waals surface area contributed by atoms with Crippen LogP contribution in [-0.4, -0.2) is 54.6 Å². The van der Waals surface area contributed by atoms with Gasteiger partial charge in [-0.05, 0) is 24.3 Å². The molecule has 0 fully saturated rings. The molecule has 2 aliphatic rings. The number of methoxy groups -OCH3 is 6. The fourth-order valence-electron chi connectivity index (χ4n) is 3.84. The Kier molecular flexibility index (Phi) is 5.97. The minimum Gasteiger partial charge on any atom is -0.493 e. The van der Waals surface area contributed by atoms with E-state index >= 15 is 0 Å². The average Bonchev–Trinajstić information content (AvgIpc) is 3.33. The van der Waals surface area contributed by atoms with Crippen molar-refractivity contribution in [3.8, 4) is 34.5 Å². The van der Waals surface area contributed by atoms with Crippen LogP contribution in [0.1, 0.15) is 11.1 Å². The van der Waals surface area contributed by atoms with E-state index in [1.165, 1.54) is 42.7 Å². The SMILES string of the molecule is COc1cc(C2=C3OC(=O)C(c4cc(OC)c(OC)c(OC)c4)=C3OC2=O)cc(OC)c1OC. The minimum atomic E-state index is -0.697. The summed E-state index contributed by atoms with van der Waals surface area (Å²) in [5.41, 5.74) is 0.821. The maximum absolute atomic E-state index is 12.9. The summed E-state index contributed by atoms with van der Waals surface area (Å²) in [6.07, 6.45) is 0. The van der Waals surface area contributed by atoms with Gasteiger partial charge in [-0.3, -0.25) is 0 Å². The van der Waals surface area contributed by atoms with Gasteiger partial charge in [0, 0.05) is 11.1 Å². The molecule has 0 N–H and O–H groups in total. The molecule has 0 aliphatic carbocycles. The number of esters is 2. The van der Waals surface area contributed by atoms with Crippen LogP contribution in [0.3, 0.4) is 0 Å². The van der Waals surface area contributed by atoms with Crippen molar-refractivity contribution >= 4 is 23.1 Å². The van der Waals surface area contributed by atoms with Gasteiger partial charge in [-0.25, -0.2) is 9.59 Å². The normalized spacial score (nSPS) is 14.5. The highest BCUT2D eigenvalue weighted by atomic mass is 16.6. The van der Waals surface area contributed by atoms with Crippen molar-refractivity contribution in [3.05, 3.63) is 46.9 Å². The van der Waals surface area contributed by atoms with E-state index in [2.05, 4.69) is 0 Å². The Morgan fingerprint density at radius 1 is 0.500 bits per heavy atom. The zero-order valence-electron chi connectivity index (χ0n) is 19.4. The first-order valence-corrected chi connectivity index (χ1v) is 9.96. The molecule has 0 spiro atoms. The van der Waals surface area contributed by atoms with Gasteiger partial charge in [0.1, 0.15) is 11.1 Å². The highest BCUT2D eigenvalue weighted by molar-refractivity contribution is 6.29. The van der Waals surface area contributed by atoms with Gasteiger partial charge in [0.25, 0.3) is 0 Å². The molecule has 2 heterocycles. The van der Waals surface area contributed by atoms with Gasteiger partial charge in [-0.2, -0.15) is 0 Å². The number of ether oxygens (including phenoxy) is 8. The summed E-state index contributed by atoms with van der Waals surface area (Å²) >= 11 is 0. The Morgan fingerprint density at radius 3 is 1.03 bits per heavy atom. The molecule has 0 atom stereocenters. The van der Waals surface area contributed by atoms with E-state index in [1.54, 1.807) is 24.3 Å². The Morgan fingerprint density at radius 2 is 0.794 bits per heavy atom. The van der Waals surface area contributed by atoms with E-state index in [0.717, 1.165) is 0 Å². The number of carbonyl (C=O) groups is 2. The summed E-state index contributed by atoms with van der Waals surface area (Å²) < 4.78 is 43.1. The Bertz CT molecular complexity index is 1110. The van der Waals surface area contributed by atoms with Crippen LogP contribution in [0.2, 0.25) is 0 Å². The third-order valence-corrected chi connectivity index (χ3v) is 5.36. The average molecular weight is 470 g/mol. The van der Waals surface area contributed by atoms with Crippen molar-refractivity contribution in [2.24, 2.45) is 0 Å². The van der Waals surface area contributed by atoms with Gasteiger partial charge in [0.2, 0.25) is 11.5 Å². The summed E-state index contributed by atoms with van der Waals surface area (Å²) in [5.74, 6) is 0.586. The van der Waals surface area contributed by atoms with Crippen molar-refractivity contribution in [1.29, 1.82) is 0 Å². The molecule has 0 saturated heterocycles. The molecule has 178 valence electrons. The van der Waals surface area contributed by atoms with E-state index in [9.17, 15) is 9.59 Å². The molecule has 0 aromatic heterocycles. The van der Waals surface area contributed by atoms with Crippen molar-refractivity contribution in [1.82, 2.24) is 0 Å². The zero-order valence-corrected chi connectivity index (χ0v) is 19.4. The van der Waals surface area contributed by atoms with E-state index in [1.807, 2.05) is 0 Å². The fourth-order valence-corrected chi connectivity index (χ4v) is 3.84. The van der Waals surface area contributed by atoms with E-state index in [0.29, 0.717) is 45.6 Å². The van der Waals surface area contributed by atoms with Crippen LogP contribution in [-0.2, 0) is 19.1 Å². The summed E-state index contributed by atoms with van der Waals surface area (Å²) in [4.78, 5) is 25.8. The smallest absolute Gasteiger partial charge is 0.348 e. The maximum Gasteiger partial charge on any atom is 0.348 e. The van der Waals surface area contributed by atoms with Gasteiger partial charge >= 0.3 is 11.9 Å². The quantitative estimate of drug-likeness (QED) is 0.534. The highest BCUT2D eigenvalue weighted by Crippen LogP contribution is 2.48. The molecule has 0 amide bonds. The Hall–Kier alpha value is -4.34. The second-order valence-electron chi connectivity index (χ2n) is 7.02.